The van der Waals surface area contributed by atoms with Gasteiger partial charge in [-0.15, -0.1) is 6.58 Å². The van der Waals surface area contributed by atoms with Crippen molar-refractivity contribution in [2.24, 2.45) is 5.92 Å². The molecule has 0 aromatic carbocycles. The van der Waals surface area contributed by atoms with Gasteiger partial charge in [-0.05, 0) is 30.9 Å². The Bertz CT molecular complexity index is 377. The summed E-state index contributed by atoms with van der Waals surface area (Å²) < 4.78 is 1.82. The molecule has 0 saturated carbocycles. The average Bonchev–Trinajstić information content (AvgIpc) is 2.59. The van der Waals surface area contributed by atoms with Gasteiger partial charge in [-0.25, -0.2) is 4.79 Å². The van der Waals surface area contributed by atoms with Crippen molar-refractivity contribution in [1.29, 1.82) is 0 Å². The molecule has 0 aliphatic heterocycles. The lowest BCUT2D eigenvalue weighted by Gasteiger charge is -2.10. The van der Waals surface area contributed by atoms with Crippen molar-refractivity contribution in [3.63, 3.8) is 0 Å². The molecule has 0 aliphatic rings. The molecule has 0 radical (unpaired) electrons. The molecule has 16 heavy (non-hydrogen) atoms. The van der Waals surface area contributed by atoms with Crippen molar-refractivity contribution >= 4 is 5.97 Å². The predicted octanol–water partition coefficient (Wildman–Crippen LogP) is 2.96. The molecular formula is C13H19NO2. The van der Waals surface area contributed by atoms with Crippen LogP contribution < -0.4 is 0 Å². The number of aryl methyl sites for hydroxylation is 1. The van der Waals surface area contributed by atoms with E-state index in [0.29, 0.717) is 18.2 Å². The van der Waals surface area contributed by atoms with Crippen molar-refractivity contribution in [2.45, 2.75) is 33.2 Å². The van der Waals surface area contributed by atoms with E-state index in [2.05, 4.69) is 20.4 Å². The smallest absolute Gasteiger partial charge is 0.352 e. The summed E-state index contributed by atoms with van der Waals surface area (Å²) in [5, 5.41) is 9.03. The molecule has 0 amide bonds. The Labute approximate surface area is 96.4 Å². The van der Waals surface area contributed by atoms with E-state index in [4.69, 9.17) is 5.11 Å². The van der Waals surface area contributed by atoms with Gasteiger partial charge in [0.25, 0.3) is 0 Å². The number of carboxylic acids is 1. The van der Waals surface area contributed by atoms with Gasteiger partial charge >= 0.3 is 5.97 Å². The molecule has 3 nitrogen and oxygen atoms in total. The Balaban J connectivity index is 2.90. The van der Waals surface area contributed by atoms with Crippen LogP contribution in [0, 0.1) is 5.92 Å². The molecule has 1 aromatic heterocycles. The number of nitrogens with zero attached hydrogens (tertiary/aromatic N) is 1. The van der Waals surface area contributed by atoms with Crippen molar-refractivity contribution in [3.05, 3.63) is 36.2 Å². The highest BCUT2D eigenvalue weighted by atomic mass is 16.4. The third-order valence-electron chi connectivity index (χ3n) is 2.58. The van der Waals surface area contributed by atoms with E-state index in [-0.39, 0.29) is 0 Å². The molecule has 0 atom stereocenters. The molecular weight excluding hydrogens is 202 g/mol. The molecule has 0 unspecified atom stereocenters. The summed E-state index contributed by atoms with van der Waals surface area (Å²) in [5.41, 5.74) is 1.42. The van der Waals surface area contributed by atoms with E-state index in [0.717, 1.165) is 18.5 Å². The van der Waals surface area contributed by atoms with E-state index < -0.39 is 5.97 Å². The third-order valence-corrected chi connectivity index (χ3v) is 2.58. The Morgan fingerprint density at radius 3 is 2.75 bits per heavy atom. The van der Waals surface area contributed by atoms with Crippen LogP contribution in [0.25, 0.3) is 0 Å². The van der Waals surface area contributed by atoms with Gasteiger partial charge in [-0.2, -0.15) is 0 Å². The molecule has 3 heteroatoms. The molecule has 88 valence electrons. The van der Waals surface area contributed by atoms with Crippen LogP contribution >= 0.6 is 0 Å². The summed E-state index contributed by atoms with van der Waals surface area (Å²) in [6.45, 7) is 8.55. The van der Waals surface area contributed by atoms with Crippen LogP contribution in [0.3, 0.4) is 0 Å². The number of allylic oxidation sites excluding steroid dienone is 1. The lowest BCUT2D eigenvalue weighted by atomic mass is 10.1. The monoisotopic (exact) mass is 221 g/mol. The second-order valence-corrected chi connectivity index (χ2v) is 4.35. The van der Waals surface area contributed by atoms with Crippen molar-refractivity contribution in [1.82, 2.24) is 4.57 Å². The Hall–Kier alpha value is -1.51. The van der Waals surface area contributed by atoms with Gasteiger partial charge in [0.1, 0.15) is 5.69 Å². The maximum absolute atomic E-state index is 11.0. The minimum atomic E-state index is -0.877. The van der Waals surface area contributed by atoms with Crippen LogP contribution in [0.5, 0.6) is 0 Å². The van der Waals surface area contributed by atoms with E-state index >= 15 is 0 Å². The largest absolute Gasteiger partial charge is 0.477 e. The third kappa shape index (κ3) is 2.99. The Morgan fingerprint density at radius 1 is 1.56 bits per heavy atom. The predicted molar refractivity (Wildman–Crippen MR) is 64.7 cm³/mol. The van der Waals surface area contributed by atoms with Gasteiger partial charge in [0.2, 0.25) is 0 Å². The number of aromatic nitrogens is 1. The van der Waals surface area contributed by atoms with Gasteiger partial charge < -0.3 is 9.67 Å². The molecule has 1 N–H and O–H groups in total. The molecule has 1 rings (SSSR count). The van der Waals surface area contributed by atoms with E-state index in [9.17, 15) is 4.79 Å². The van der Waals surface area contributed by atoms with Gasteiger partial charge in [-0.3, -0.25) is 0 Å². The Morgan fingerprint density at radius 2 is 2.25 bits per heavy atom. The summed E-state index contributed by atoms with van der Waals surface area (Å²) in [4.78, 5) is 11.0. The van der Waals surface area contributed by atoms with E-state index in [1.165, 1.54) is 0 Å². The van der Waals surface area contributed by atoms with Gasteiger partial charge in [-0.1, -0.05) is 19.9 Å². The van der Waals surface area contributed by atoms with Crippen LogP contribution in [-0.4, -0.2) is 15.6 Å². The quantitative estimate of drug-likeness (QED) is 0.750. The summed E-state index contributed by atoms with van der Waals surface area (Å²) in [7, 11) is 0. The minimum absolute atomic E-state index is 0.346. The van der Waals surface area contributed by atoms with Crippen molar-refractivity contribution < 1.29 is 9.90 Å². The lowest BCUT2D eigenvalue weighted by Crippen LogP contribution is -2.10. The topological polar surface area (TPSA) is 42.2 Å². The number of carboxylic acid groups (broad SMARTS) is 1. The van der Waals surface area contributed by atoms with Crippen LogP contribution in [0.4, 0.5) is 0 Å². The molecule has 0 fully saturated rings. The summed E-state index contributed by atoms with van der Waals surface area (Å²) in [5.74, 6) is -0.252. The zero-order valence-electron chi connectivity index (χ0n) is 9.94. The number of hydrogen-bond donors (Lipinski definition) is 1. The first-order chi connectivity index (χ1) is 7.56. The van der Waals surface area contributed by atoms with E-state index in [1.54, 1.807) is 12.1 Å². The molecule has 1 heterocycles. The number of carbonyl (C=O) groups is 1. The van der Waals surface area contributed by atoms with Crippen LogP contribution in [0.2, 0.25) is 0 Å². The van der Waals surface area contributed by atoms with Crippen LogP contribution in [0.1, 0.15) is 36.5 Å². The lowest BCUT2D eigenvalue weighted by molar-refractivity contribution is 0.0685. The SMILES string of the molecule is C=CCn1c(CCC(C)C)ccc1C(=O)O. The minimum Gasteiger partial charge on any atom is -0.477 e. The number of rotatable bonds is 6. The summed E-state index contributed by atoms with van der Waals surface area (Å²) >= 11 is 0. The summed E-state index contributed by atoms with van der Waals surface area (Å²) in [6, 6.07) is 3.57. The van der Waals surface area contributed by atoms with Crippen LogP contribution in [-0.2, 0) is 13.0 Å². The average molecular weight is 221 g/mol. The van der Waals surface area contributed by atoms with Gasteiger partial charge in [0, 0.05) is 12.2 Å². The Kier molecular flexibility index (Phi) is 4.35. The number of hydrogen-bond acceptors (Lipinski definition) is 1. The first-order valence-corrected chi connectivity index (χ1v) is 5.58. The zero-order chi connectivity index (χ0) is 12.1. The second kappa shape index (κ2) is 5.54. The fourth-order valence-electron chi connectivity index (χ4n) is 1.70. The molecule has 0 bridgehead atoms. The zero-order valence-corrected chi connectivity index (χ0v) is 9.94. The maximum atomic E-state index is 11.0. The fourth-order valence-corrected chi connectivity index (χ4v) is 1.70. The van der Waals surface area contributed by atoms with Gasteiger partial charge in [0.05, 0.1) is 0 Å². The van der Waals surface area contributed by atoms with E-state index in [1.807, 2.05) is 10.6 Å². The normalized spacial score (nSPS) is 10.7. The molecule has 0 aliphatic carbocycles. The maximum Gasteiger partial charge on any atom is 0.352 e. The van der Waals surface area contributed by atoms with Crippen molar-refractivity contribution in [3.8, 4) is 0 Å². The highest BCUT2D eigenvalue weighted by Crippen LogP contribution is 2.14. The second-order valence-electron chi connectivity index (χ2n) is 4.35. The molecule has 0 saturated heterocycles. The highest BCUT2D eigenvalue weighted by Gasteiger charge is 2.12. The van der Waals surface area contributed by atoms with Gasteiger partial charge in [0.15, 0.2) is 0 Å². The fraction of sp³-hybridized carbons (Fsp3) is 0.462. The highest BCUT2D eigenvalue weighted by molar-refractivity contribution is 5.86. The van der Waals surface area contributed by atoms with Crippen LogP contribution in [0.15, 0.2) is 24.8 Å². The first kappa shape index (κ1) is 12.6. The molecule has 0 spiro atoms. The number of aromatic carboxylic acids is 1. The summed E-state index contributed by atoms with van der Waals surface area (Å²) in [6.07, 6.45) is 3.71. The first-order valence-electron chi connectivity index (χ1n) is 5.58. The molecule has 1 aromatic rings. The standard InChI is InChI=1S/C13H19NO2/c1-4-9-14-11(6-5-10(2)3)7-8-12(14)13(15)16/h4,7-8,10H,1,5-6,9H2,2-3H3,(H,15,16). The van der Waals surface area contributed by atoms with Crippen molar-refractivity contribution in [2.75, 3.05) is 0 Å².